The first kappa shape index (κ1) is 7.65. The zero-order chi connectivity index (χ0) is 7.56. The van der Waals surface area contributed by atoms with Crippen molar-refractivity contribution in [3.8, 4) is 5.75 Å². The lowest BCUT2D eigenvalue weighted by atomic mass is 10.2. The maximum Gasteiger partial charge on any atom is 0.117 e. The molecular formula is C7H8INO. The van der Waals surface area contributed by atoms with Crippen LogP contribution in [0, 0.1) is 0 Å². The first-order chi connectivity index (χ1) is 4.74. The number of benzene rings is 1. The summed E-state index contributed by atoms with van der Waals surface area (Å²) < 4.78 is 0.879. The van der Waals surface area contributed by atoms with Gasteiger partial charge in [0.1, 0.15) is 5.75 Å². The van der Waals surface area contributed by atoms with Crippen LogP contribution in [-0.2, 0) is 4.43 Å². The number of hydrogen-bond donors (Lipinski definition) is 2. The van der Waals surface area contributed by atoms with E-state index in [0.717, 1.165) is 9.99 Å². The lowest BCUT2D eigenvalue weighted by molar-refractivity contribution is 0.475. The molecule has 0 saturated heterocycles. The normalized spacial score (nSPS) is 9.70. The Labute approximate surface area is 73.2 Å². The van der Waals surface area contributed by atoms with Gasteiger partial charge in [-0.25, -0.2) is 0 Å². The van der Waals surface area contributed by atoms with Crippen LogP contribution in [0.4, 0.5) is 5.69 Å². The highest BCUT2D eigenvalue weighted by Gasteiger charge is 1.96. The molecule has 0 aliphatic heterocycles. The molecule has 0 unspecified atom stereocenters. The highest BCUT2D eigenvalue weighted by molar-refractivity contribution is 14.1. The van der Waals surface area contributed by atoms with Gasteiger partial charge in [-0.2, -0.15) is 0 Å². The molecule has 0 aliphatic rings. The summed E-state index contributed by atoms with van der Waals surface area (Å²) in [6.45, 7) is 0. The Bertz CT molecular complexity index is 237. The summed E-state index contributed by atoms with van der Waals surface area (Å²) in [5.74, 6) is 0.228. The second kappa shape index (κ2) is 3.09. The van der Waals surface area contributed by atoms with E-state index in [2.05, 4.69) is 22.6 Å². The molecule has 1 aromatic carbocycles. The molecule has 0 heterocycles. The largest absolute Gasteiger partial charge is 0.508 e. The van der Waals surface area contributed by atoms with Gasteiger partial charge in [0.2, 0.25) is 0 Å². The van der Waals surface area contributed by atoms with Gasteiger partial charge < -0.3 is 10.8 Å². The molecule has 3 heteroatoms. The van der Waals surface area contributed by atoms with Crippen LogP contribution < -0.4 is 5.73 Å². The second-order valence-electron chi connectivity index (χ2n) is 2.02. The average molecular weight is 249 g/mol. The fraction of sp³-hybridized carbons (Fsp3) is 0.143. The molecule has 0 atom stereocenters. The first-order valence-corrected chi connectivity index (χ1v) is 4.40. The van der Waals surface area contributed by atoms with Crippen LogP contribution in [0.15, 0.2) is 18.2 Å². The molecule has 0 saturated carbocycles. The van der Waals surface area contributed by atoms with Crippen LogP contribution in [-0.4, -0.2) is 5.11 Å². The molecule has 0 radical (unpaired) electrons. The highest BCUT2D eigenvalue weighted by Crippen LogP contribution is 2.20. The standard InChI is InChI=1S/C7H8INO/c8-4-5-1-2-6(10)3-7(5)9/h1-3,10H,4,9H2. The van der Waals surface area contributed by atoms with Crippen LogP contribution in [0.1, 0.15) is 5.56 Å². The van der Waals surface area contributed by atoms with Crippen LogP contribution in [0.5, 0.6) is 5.75 Å². The molecular weight excluding hydrogens is 241 g/mol. The number of phenols is 1. The van der Waals surface area contributed by atoms with E-state index in [1.807, 2.05) is 6.07 Å². The molecule has 0 aliphatic carbocycles. The van der Waals surface area contributed by atoms with E-state index in [9.17, 15) is 0 Å². The molecule has 0 aromatic heterocycles. The lowest BCUT2D eigenvalue weighted by Crippen LogP contribution is -1.89. The van der Waals surface area contributed by atoms with Crippen molar-refractivity contribution >= 4 is 28.3 Å². The van der Waals surface area contributed by atoms with Crippen molar-refractivity contribution in [3.63, 3.8) is 0 Å². The van der Waals surface area contributed by atoms with Crippen LogP contribution in [0.3, 0.4) is 0 Å². The molecule has 54 valence electrons. The Balaban J connectivity index is 3.07. The third-order valence-electron chi connectivity index (χ3n) is 1.27. The van der Waals surface area contributed by atoms with Gasteiger partial charge >= 0.3 is 0 Å². The van der Waals surface area contributed by atoms with Crippen molar-refractivity contribution in [2.75, 3.05) is 5.73 Å². The topological polar surface area (TPSA) is 46.2 Å². The van der Waals surface area contributed by atoms with Crippen molar-refractivity contribution in [1.29, 1.82) is 0 Å². The van der Waals surface area contributed by atoms with E-state index in [0.29, 0.717) is 5.69 Å². The van der Waals surface area contributed by atoms with E-state index in [4.69, 9.17) is 10.8 Å². The summed E-state index contributed by atoms with van der Waals surface area (Å²) >= 11 is 2.23. The van der Waals surface area contributed by atoms with Gasteiger partial charge in [0, 0.05) is 16.2 Å². The maximum absolute atomic E-state index is 8.95. The Hall–Kier alpha value is -0.450. The average Bonchev–Trinajstić information content (AvgIpc) is 1.88. The summed E-state index contributed by atoms with van der Waals surface area (Å²) in [4.78, 5) is 0. The number of alkyl halides is 1. The Kier molecular flexibility index (Phi) is 2.37. The molecule has 2 nitrogen and oxygen atoms in total. The zero-order valence-electron chi connectivity index (χ0n) is 5.34. The van der Waals surface area contributed by atoms with Crippen molar-refractivity contribution in [2.24, 2.45) is 0 Å². The minimum Gasteiger partial charge on any atom is -0.508 e. The van der Waals surface area contributed by atoms with E-state index in [1.54, 1.807) is 12.1 Å². The summed E-state index contributed by atoms with van der Waals surface area (Å²) in [5.41, 5.74) is 7.30. The van der Waals surface area contributed by atoms with Gasteiger partial charge in [0.25, 0.3) is 0 Å². The van der Waals surface area contributed by atoms with E-state index in [-0.39, 0.29) is 5.75 Å². The number of nitrogen functional groups attached to an aromatic ring is 1. The predicted molar refractivity (Wildman–Crippen MR) is 50.2 cm³/mol. The van der Waals surface area contributed by atoms with Gasteiger partial charge in [-0.05, 0) is 11.6 Å². The van der Waals surface area contributed by atoms with Crippen LogP contribution >= 0.6 is 22.6 Å². The summed E-state index contributed by atoms with van der Waals surface area (Å²) in [6.07, 6.45) is 0. The minimum absolute atomic E-state index is 0.228. The van der Waals surface area contributed by atoms with Gasteiger partial charge in [-0.3, -0.25) is 0 Å². The number of phenolic OH excluding ortho intramolecular Hbond substituents is 1. The minimum atomic E-state index is 0.228. The molecule has 0 bridgehead atoms. The predicted octanol–water partition coefficient (Wildman–Crippen LogP) is 1.91. The SMILES string of the molecule is Nc1cc(O)ccc1CI. The van der Waals surface area contributed by atoms with Gasteiger partial charge in [-0.1, -0.05) is 28.7 Å². The quantitative estimate of drug-likeness (QED) is 0.453. The second-order valence-corrected chi connectivity index (χ2v) is 2.78. The van der Waals surface area contributed by atoms with Crippen molar-refractivity contribution < 1.29 is 5.11 Å². The number of halogens is 1. The van der Waals surface area contributed by atoms with Crippen molar-refractivity contribution in [1.82, 2.24) is 0 Å². The molecule has 1 rings (SSSR count). The summed E-state index contributed by atoms with van der Waals surface area (Å²) in [6, 6.07) is 5.04. The number of nitrogens with two attached hydrogens (primary N) is 1. The third kappa shape index (κ3) is 1.53. The van der Waals surface area contributed by atoms with E-state index >= 15 is 0 Å². The van der Waals surface area contributed by atoms with Crippen LogP contribution in [0.25, 0.3) is 0 Å². The Morgan fingerprint density at radius 1 is 1.50 bits per heavy atom. The summed E-state index contributed by atoms with van der Waals surface area (Å²) in [5, 5.41) is 8.95. The Morgan fingerprint density at radius 2 is 2.20 bits per heavy atom. The number of aromatic hydroxyl groups is 1. The first-order valence-electron chi connectivity index (χ1n) is 2.87. The molecule has 0 fully saturated rings. The van der Waals surface area contributed by atoms with Crippen LogP contribution in [0.2, 0.25) is 0 Å². The number of anilines is 1. The number of hydrogen-bond acceptors (Lipinski definition) is 2. The van der Waals surface area contributed by atoms with Gasteiger partial charge in [0.05, 0.1) is 0 Å². The lowest BCUT2D eigenvalue weighted by Gasteiger charge is -2.00. The highest BCUT2D eigenvalue weighted by atomic mass is 127. The van der Waals surface area contributed by atoms with E-state index < -0.39 is 0 Å². The van der Waals surface area contributed by atoms with Crippen molar-refractivity contribution in [2.45, 2.75) is 4.43 Å². The molecule has 3 N–H and O–H groups in total. The monoisotopic (exact) mass is 249 g/mol. The van der Waals surface area contributed by atoms with E-state index in [1.165, 1.54) is 0 Å². The fourth-order valence-corrected chi connectivity index (χ4v) is 1.40. The zero-order valence-corrected chi connectivity index (χ0v) is 7.50. The molecule has 0 amide bonds. The van der Waals surface area contributed by atoms with Crippen molar-refractivity contribution in [3.05, 3.63) is 23.8 Å². The van der Waals surface area contributed by atoms with Gasteiger partial charge in [-0.15, -0.1) is 0 Å². The molecule has 0 spiro atoms. The molecule has 1 aromatic rings. The summed E-state index contributed by atoms with van der Waals surface area (Å²) in [7, 11) is 0. The van der Waals surface area contributed by atoms with Gasteiger partial charge in [0.15, 0.2) is 0 Å². The third-order valence-corrected chi connectivity index (χ3v) is 2.10. The number of rotatable bonds is 1. The smallest absolute Gasteiger partial charge is 0.117 e. The maximum atomic E-state index is 8.95. The Morgan fingerprint density at radius 3 is 2.70 bits per heavy atom. The molecule has 10 heavy (non-hydrogen) atoms. The fourth-order valence-electron chi connectivity index (χ4n) is 0.704.